The maximum atomic E-state index is 14.7. The van der Waals surface area contributed by atoms with Gasteiger partial charge in [0.2, 0.25) is 10.0 Å². The molecule has 3 aromatic rings. The second-order valence-corrected chi connectivity index (χ2v) is 8.89. The van der Waals surface area contributed by atoms with E-state index in [2.05, 4.69) is 4.72 Å². The van der Waals surface area contributed by atoms with Crippen LogP contribution in [0.1, 0.15) is 19.8 Å². The zero-order valence-electron chi connectivity index (χ0n) is 15.7. The zero-order valence-corrected chi connectivity index (χ0v) is 16.5. The molecule has 0 spiro atoms. The minimum atomic E-state index is -3.52. The van der Waals surface area contributed by atoms with Gasteiger partial charge in [-0.2, -0.15) is 0 Å². The van der Waals surface area contributed by atoms with E-state index < -0.39 is 21.1 Å². The van der Waals surface area contributed by atoms with E-state index in [0.717, 1.165) is 10.9 Å². The smallest absolute Gasteiger partial charge is 0.235 e. The highest BCUT2D eigenvalue weighted by molar-refractivity contribution is 7.93. The van der Waals surface area contributed by atoms with E-state index in [1.54, 1.807) is 13.2 Å². The first kappa shape index (κ1) is 18.6. The molecule has 6 nitrogen and oxygen atoms in total. The Bertz CT molecular complexity index is 1170. The van der Waals surface area contributed by atoms with Crippen LogP contribution in [0.2, 0.25) is 0 Å². The highest BCUT2D eigenvalue weighted by Gasteiger charge is 2.36. The summed E-state index contributed by atoms with van der Waals surface area (Å²) in [6.45, 7) is 2.62. The Morgan fingerprint density at radius 1 is 1.25 bits per heavy atom. The summed E-state index contributed by atoms with van der Waals surface area (Å²) in [5.41, 5.74) is 9.06. The van der Waals surface area contributed by atoms with Crippen molar-refractivity contribution in [2.45, 2.75) is 31.6 Å². The Morgan fingerprint density at radius 2 is 2.00 bits per heavy atom. The molecule has 4 rings (SSSR count). The molecular weight excluding hydrogens is 381 g/mol. The normalized spacial score (nSPS) is 14.4. The summed E-state index contributed by atoms with van der Waals surface area (Å²) in [5.74, 6) is 0.0777. The molecule has 1 heterocycles. The van der Waals surface area contributed by atoms with Crippen molar-refractivity contribution in [1.29, 1.82) is 0 Å². The van der Waals surface area contributed by atoms with Gasteiger partial charge in [-0.05, 0) is 44.0 Å². The Hall–Kier alpha value is -2.74. The lowest BCUT2D eigenvalue weighted by molar-refractivity contribution is 0.415. The Labute approximate surface area is 163 Å². The monoisotopic (exact) mass is 403 g/mol. The molecule has 0 amide bonds. The molecule has 2 aromatic carbocycles. The average molecular weight is 403 g/mol. The standard InChI is InChI=1S/C20H22FN3O3S/c1-3-24-18-11-13(27-2)5-8-15(18)19(22)20(24)12-4-9-17(16(21)10-12)23-28(25,26)14-6-7-14/h4-5,8-11,14,23H,3,6-7,22H2,1-2H3. The third-order valence-electron chi connectivity index (χ3n) is 5.09. The summed E-state index contributed by atoms with van der Waals surface area (Å²) >= 11 is 0. The number of rotatable bonds is 6. The van der Waals surface area contributed by atoms with E-state index in [1.807, 2.05) is 29.7 Å². The van der Waals surface area contributed by atoms with Gasteiger partial charge in [0.15, 0.2) is 0 Å². The number of fused-ring (bicyclic) bond motifs is 1. The predicted molar refractivity (Wildman–Crippen MR) is 110 cm³/mol. The van der Waals surface area contributed by atoms with Gasteiger partial charge < -0.3 is 15.0 Å². The quantitative estimate of drug-likeness (QED) is 0.652. The van der Waals surface area contributed by atoms with Crippen LogP contribution in [0.25, 0.3) is 22.2 Å². The summed E-state index contributed by atoms with van der Waals surface area (Å²) in [7, 11) is -1.92. The van der Waals surface area contributed by atoms with Crippen LogP contribution >= 0.6 is 0 Å². The van der Waals surface area contributed by atoms with E-state index in [9.17, 15) is 12.8 Å². The van der Waals surface area contributed by atoms with Crippen LogP contribution in [0.15, 0.2) is 36.4 Å². The molecule has 1 fully saturated rings. The summed E-state index contributed by atoms with van der Waals surface area (Å²) < 4.78 is 48.5. The molecule has 1 aromatic heterocycles. The van der Waals surface area contributed by atoms with E-state index in [1.165, 1.54) is 12.1 Å². The average Bonchev–Trinajstić information content (AvgIpc) is 3.49. The number of nitrogens with one attached hydrogen (secondary N) is 1. The minimum absolute atomic E-state index is 0.0462. The molecule has 1 aliphatic carbocycles. The minimum Gasteiger partial charge on any atom is -0.497 e. The zero-order chi connectivity index (χ0) is 20.1. The molecule has 3 N–H and O–H groups in total. The van der Waals surface area contributed by atoms with Crippen molar-refractivity contribution >= 4 is 32.3 Å². The molecular formula is C20H22FN3O3S. The van der Waals surface area contributed by atoms with Gasteiger partial charge in [0.1, 0.15) is 11.6 Å². The molecule has 0 bridgehead atoms. The number of aromatic nitrogens is 1. The molecule has 0 radical (unpaired) electrons. The number of nitrogens with zero attached hydrogens (tertiary/aromatic N) is 1. The van der Waals surface area contributed by atoms with Gasteiger partial charge in [-0.3, -0.25) is 4.72 Å². The van der Waals surface area contributed by atoms with E-state index >= 15 is 0 Å². The van der Waals surface area contributed by atoms with Gasteiger partial charge in [-0.25, -0.2) is 12.8 Å². The molecule has 8 heteroatoms. The lowest BCUT2D eigenvalue weighted by atomic mass is 10.1. The molecule has 0 atom stereocenters. The number of ether oxygens (including phenoxy) is 1. The number of hydrogen-bond donors (Lipinski definition) is 2. The van der Waals surface area contributed by atoms with E-state index in [-0.39, 0.29) is 5.69 Å². The van der Waals surface area contributed by atoms with Gasteiger partial charge in [0.25, 0.3) is 0 Å². The summed E-state index contributed by atoms with van der Waals surface area (Å²) in [6, 6.07) is 10.1. The number of hydrogen-bond acceptors (Lipinski definition) is 4. The molecule has 1 aliphatic rings. The number of sulfonamides is 1. The number of methoxy groups -OCH3 is 1. The van der Waals surface area contributed by atoms with Gasteiger partial charge in [0, 0.05) is 23.6 Å². The number of benzene rings is 2. The summed E-state index contributed by atoms with van der Waals surface area (Å²) in [5, 5.41) is 0.441. The van der Waals surface area contributed by atoms with E-state index in [0.29, 0.717) is 42.1 Å². The molecule has 0 saturated heterocycles. The third-order valence-corrected chi connectivity index (χ3v) is 6.94. The number of nitrogen functional groups attached to an aromatic ring is 1. The number of nitrogens with two attached hydrogens (primary N) is 1. The summed E-state index contributed by atoms with van der Waals surface area (Å²) in [6.07, 6.45) is 1.23. The first-order chi connectivity index (χ1) is 13.4. The SMILES string of the molecule is CCn1c(-c2ccc(NS(=O)(=O)C3CC3)c(F)c2)c(N)c2ccc(OC)cc21. The van der Waals surface area contributed by atoms with Crippen LogP contribution in [0.4, 0.5) is 15.8 Å². The number of anilines is 2. The van der Waals surface area contributed by atoms with Gasteiger partial charge in [-0.15, -0.1) is 0 Å². The topological polar surface area (TPSA) is 86.4 Å². The molecule has 148 valence electrons. The fourth-order valence-electron chi connectivity index (χ4n) is 3.48. The second-order valence-electron chi connectivity index (χ2n) is 6.93. The van der Waals surface area contributed by atoms with Crippen LogP contribution < -0.4 is 15.2 Å². The first-order valence-corrected chi connectivity index (χ1v) is 10.7. The van der Waals surface area contributed by atoms with Gasteiger partial charge in [0.05, 0.1) is 34.9 Å². The van der Waals surface area contributed by atoms with Crippen molar-refractivity contribution in [2.24, 2.45) is 0 Å². The highest BCUT2D eigenvalue weighted by atomic mass is 32.2. The molecule has 1 saturated carbocycles. The Morgan fingerprint density at radius 3 is 2.61 bits per heavy atom. The third kappa shape index (κ3) is 3.07. The van der Waals surface area contributed by atoms with Gasteiger partial charge >= 0.3 is 0 Å². The Kier molecular flexibility index (Phi) is 4.45. The van der Waals surface area contributed by atoms with Crippen LogP contribution in [-0.4, -0.2) is 25.3 Å². The number of aryl methyl sites for hydroxylation is 1. The molecule has 28 heavy (non-hydrogen) atoms. The van der Waals surface area contributed by atoms with Crippen molar-refractivity contribution in [3.05, 3.63) is 42.2 Å². The fourth-order valence-corrected chi connectivity index (χ4v) is 4.88. The Balaban J connectivity index is 1.79. The first-order valence-electron chi connectivity index (χ1n) is 9.13. The molecule has 0 aliphatic heterocycles. The maximum absolute atomic E-state index is 14.7. The van der Waals surface area contributed by atoms with Crippen LogP contribution in [-0.2, 0) is 16.6 Å². The fraction of sp³-hybridized carbons (Fsp3) is 0.300. The largest absolute Gasteiger partial charge is 0.497 e. The van der Waals surface area contributed by atoms with Gasteiger partial charge in [-0.1, -0.05) is 6.07 Å². The number of halogens is 1. The highest BCUT2D eigenvalue weighted by Crippen LogP contribution is 2.39. The lowest BCUT2D eigenvalue weighted by Gasteiger charge is -2.12. The molecule has 0 unspecified atom stereocenters. The van der Waals surface area contributed by atoms with Crippen molar-refractivity contribution in [2.75, 3.05) is 17.6 Å². The lowest BCUT2D eigenvalue weighted by Crippen LogP contribution is -2.18. The van der Waals surface area contributed by atoms with Crippen molar-refractivity contribution in [3.8, 4) is 17.0 Å². The van der Waals surface area contributed by atoms with E-state index in [4.69, 9.17) is 10.5 Å². The maximum Gasteiger partial charge on any atom is 0.235 e. The summed E-state index contributed by atoms with van der Waals surface area (Å²) in [4.78, 5) is 0. The van der Waals surface area contributed by atoms with Crippen molar-refractivity contribution in [3.63, 3.8) is 0 Å². The van der Waals surface area contributed by atoms with Crippen LogP contribution in [0.3, 0.4) is 0 Å². The predicted octanol–water partition coefficient (Wildman–Crippen LogP) is 3.96. The van der Waals surface area contributed by atoms with Crippen LogP contribution in [0, 0.1) is 5.82 Å². The van der Waals surface area contributed by atoms with Crippen molar-refractivity contribution < 1.29 is 17.5 Å². The van der Waals surface area contributed by atoms with Crippen LogP contribution in [0.5, 0.6) is 5.75 Å². The second kappa shape index (κ2) is 6.70. The van der Waals surface area contributed by atoms with Crippen molar-refractivity contribution in [1.82, 2.24) is 4.57 Å².